The minimum atomic E-state index is -0.950. The monoisotopic (exact) mass is 226 g/mol. The zero-order valence-electron chi connectivity index (χ0n) is 8.25. The Morgan fingerprint density at radius 1 is 1.47 bits per heavy atom. The summed E-state index contributed by atoms with van der Waals surface area (Å²) in [5.41, 5.74) is 0.235. The summed E-state index contributed by atoms with van der Waals surface area (Å²) in [7, 11) is 0. The fourth-order valence-corrected chi connectivity index (χ4v) is 2.34. The van der Waals surface area contributed by atoms with Crippen molar-refractivity contribution < 1.29 is 15.0 Å². The smallest absolute Gasteiger partial charge is 0.314 e. The third-order valence-electron chi connectivity index (χ3n) is 2.85. The molecule has 80 valence electrons. The highest BCUT2D eigenvalue weighted by Crippen LogP contribution is 2.53. The van der Waals surface area contributed by atoms with E-state index in [4.69, 9.17) is 16.7 Å². The fourth-order valence-electron chi connectivity index (χ4n) is 1.89. The Balaban J connectivity index is 2.58. The van der Waals surface area contributed by atoms with Gasteiger partial charge in [0.25, 0.3) is 0 Å². The number of rotatable bonds is 2. The quantitative estimate of drug-likeness (QED) is 0.815. The molecule has 1 aliphatic carbocycles. The zero-order valence-corrected chi connectivity index (χ0v) is 9.01. The lowest BCUT2D eigenvalue weighted by molar-refractivity contribution is -0.140. The molecular weight excluding hydrogens is 216 g/mol. The Morgan fingerprint density at radius 3 is 2.47 bits per heavy atom. The van der Waals surface area contributed by atoms with E-state index in [1.54, 1.807) is 19.1 Å². The minimum absolute atomic E-state index is 0.0140. The van der Waals surface area contributed by atoms with Gasteiger partial charge in [-0.3, -0.25) is 4.79 Å². The largest absolute Gasteiger partial charge is 0.508 e. The number of aryl methyl sites for hydroxylation is 1. The number of carbonyl (C=O) groups is 1. The van der Waals surface area contributed by atoms with Crippen molar-refractivity contribution in [2.75, 3.05) is 0 Å². The van der Waals surface area contributed by atoms with Crippen LogP contribution in [0.5, 0.6) is 5.75 Å². The van der Waals surface area contributed by atoms with E-state index < -0.39 is 11.4 Å². The Kier molecular flexibility index (Phi) is 2.15. The second kappa shape index (κ2) is 3.14. The maximum Gasteiger partial charge on any atom is 0.314 e. The summed E-state index contributed by atoms with van der Waals surface area (Å²) in [6, 6.07) is 3.23. The predicted molar refractivity (Wildman–Crippen MR) is 56.4 cm³/mol. The van der Waals surface area contributed by atoms with Gasteiger partial charge < -0.3 is 10.2 Å². The van der Waals surface area contributed by atoms with Gasteiger partial charge >= 0.3 is 5.97 Å². The molecule has 1 aliphatic rings. The Morgan fingerprint density at radius 2 is 2.07 bits per heavy atom. The van der Waals surface area contributed by atoms with Crippen molar-refractivity contribution >= 4 is 17.6 Å². The van der Waals surface area contributed by atoms with Crippen LogP contribution in [0, 0.1) is 6.92 Å². The van der Waals surface area contributed by atoms with Crippen LogP contribution in [0.4, 0.5) is 0 Å². The van der Waals surface area contributed by atoms with Gasteiger partial charge in [-0.1, -0.05) is 11.6 Å². The molecule has 2 N–H and O–H groups in total. The molecule has 0 saturated heterocycles. The lowest BCUT2D eigenvalue weighted by Gasteiger charge is -2.14. The third kappa shape index (κ3) is 1.47. The van der Waals surface area contributed by atoms with Gasteiger partial charge in [-0.05, 0) is 37.5 Å². The number of aliphatic carboxylic acids is 1. The van der Waals surface area contributed by atoms with Crippen LogP contribution in [0.25, 0.3) is 0 Å². The van der Waals surface area contributed by atoms with Crippen molar-refractivity contribution in [3.8, 4) is 5.75 Å². The number of carboxylic acids is 1. The van der Waals surface area contributed by atoms with Crippen molar-refractivity contribution in [1.82, 2.24) is 0 Å². The fraction of sp³-hybridized carbons (Fsp3) is 0.364. The maximum atomic E-state index is 11.1. The second-order valence-corrected chi connectivity index (χ2v) is 4.44. The van der Waals surface area contributed by atoms with Gasteiger partial charge in [0.1, 0.15) is 5.75 Å². The lowest BCUT2D eigenvalue weighted by atomic mass is 9.94. The van der Waals surface area contributed by atoms with E-state index in [1.807, 2.05) is 0 Å². The van der Waals surface area contributed by atoms with Crippen LogP contribution in [0.15, 0.2) is 12.1 Å². The summed E-state index contributed by atoms with van der Waals surface area (Å²) in [4.78, 5) is 11.1. The average Bonchev–Trinajstić information content (AvgIpc) is 2.83. The van der Waals surface area contributed by atoms with Crippen molar-refractivity contribution in [3.05, 3.63) is 28.3 Å². The molecule has 0 bridgehead atoms. The highest BCUT2D eigenvalue weighted by atomic mass is 35.5. The molecule has 1 aromatic carbocycles. The summed E-state index contributed by atoms with van der Waals surface area (Å²) in [5, 5.41) is 19.2. The molecule has 1 saturated carbocycles. The molecule has 0 atom stereocenters. The number of aromatic hydroxyl groups is 1. The molecule has 1 aromatic rings. The van der Waals surface area contributed by atoms with Gasteiger partial charge in [-0.25, -0.2) is 0 Å². The second-order valence-electron chi connectivity index (χ2n) is 4.03. The predicted octanol–water partition coefficient (Wildman–Crippen LogP) is 2.47. The van der Waals surface area contributed by atoms with E-state index in [0.717, 1.165) is 5.56 Å². The minimum Gasteiger partial charge on any atom is -0.508 e. The van der Waals surface area contributed by atoms with Gasteiger partial charge in [-0.2, -0.15) is 0 Å². The molecule has 2 rings (SSSR count). The molecule has 0 heterocycles. The highest BCUT2D eigenvalue weighted by Gasteiger charge is 2.54. The first-order valence-electron chi connectivity index (χ1n) is 4.70. The van der Waals surface area contributed by atoms with Gasteiger partial charge in [-0.15, -0.1) is 0 Å². The number of benzene rings is 1. The number of hydrogen-bond acceptors (Lipinski definition) is 2. The third-order valence-corrected chi connectivity index (χ3v) is 3.15. The molecular formula is C11H11ClO3. The molecule has 0 radical (unpaired) electrons. The number of hydrogen-bond donors (Lipinski definition) is 2. The molecule has 15 heavy (non-hydrogen) atoms. The van der Waals surface area contributed by atoms with E-state index in [1.165, 1.54) is 0 Å². The van der Waals surface area contributed by atoms with Crippen LogP contribution in [0.3, 0.4) is 0 Å². The number of phenols is 1. The summed E-state index contributed by atoms with van der Waals surface area (Å²) < 4.78 is 0. The van der Waals surface area contributed by atoms with Crippen LogP contribution >= 0.6 is 11.6 Å². The summed E-state index contributed by atoms with van der Waals surface area (Å²) in [5.74, 6) is -0.927. The van der Waals surface area contributed by atoms with Gasteiger partial charge in [0.2, 0.25) is 0 Å². The zero-order chi connectivity index (χ0) is 11.2. The first-order chi connectivity index (χ1) is 6.97. The standard InChI is InChI=1S/C11H11ClO3/c1-6-4-7(12)9(8(13)5-6)11(2-3-11)10(14)15/h4-5,13H,2-3H2,1H3,(H,14,15). The molecule has 0 amide bonds. The first kappa shape index (κ1) is 10.3. The normalized spacial score (nSPS) is 17.5. The van der Waals surface area contributed by atoms with Gasteiger partial charge in [0, 0.05) is 10.6 Å². The van der Waals surface area contributed by atoms with E-state index in [-0.39, 0.29) is 5.75 Å². The Hall–Kier alpha value is -1.22. The SMILES string of the molecule is Cc1cc(O)c(C2(C(=O)O)CC2)c(Cl)c1. The van der Waals surface area contributed by atoms with Crippen molar-refractivity contribution in [3.63, 3.8) is 0 Å². The van der Waals surface area contributed by atoms with E-state index in [0.29, 0.717) is 23.4 Å². The van der Waals surface area contributed by atoms with Crippen molar-refractivity contribution in [1.29, 1.82) is 0 Å². The molecule has 0 aromatic heterocycles. The van der Waals surface area contributed by atoms with Gasteiger partial charge in [0.05, 0.1) is 5.41 Å². The van der Waals surface area contributed by atoms with Crippen LogP contribution in [-0.2, 0) is 10.2 Å². The van der Waals surface area contributed by atoms with Crippen molar-refractivity contribution in [2.45, 2.75) is 25.2 Å². The summed E-state index contributed by atoms with van der Waals surface area (Å²) in [6.45, 7) is 1.80. The molecule has 0 unspecified atom stereocenters. The van der Waals surface area contributed by atoms with Crippen LogP contribution in [-0.4, -0.2) is 16.2 Å². The topological polar surface area (TPSA) is 57.5 Å². The van der Waals surface area contributed by atoms with Crippen LogP contribution < -0.4 is 0 Å². The number of phenolic OH excluding ortho intramolecular Hbond substituents is 1. The van der Waals surface area contributed by atoms with Crippen molar-refractivity contribution in [2.24, 2.45) is 0 Å². The lowest BCUT2D eigenvalue weighted by Crippen LogP contribution is -2.20. The van der Waals surface area contributed by atoms with Crippen LogP contribution in [0.2, 0.25) is 5.02 Å². The first-order valence-corrected chi connectivity index (χ1v) is 5.08. The summed E-state index contributed by atoms with van der Waals surface area (Å²) >= 11 is 5.98. The maximum absolute atomic E-state index is 11.1. The molecule has 1 fully saturated rings. The number of carboxylic acid groups (broad SMARTS) is 1. The van der Waals surface area contributed by atoms with E-state index in [2.05, 4.69) is 0 Å². The molecule has 3 nitrogen and oxygen atoms in total. The number of halogens is 1. The molecule has 0 aliphatic heterocycles. The molecule has 0 spiro atoms. The Bertz CT molecular complexity index is 412. The van der Waals surface area contributed by atoms with E-state index in [9.17, 15) is 9.90 Å². The molecule has 4 heteroatoms. The average molecular weight is 227 g/mol. The Labute approximate surface area is 92.3 Å². The highest BCUT2D eigenvalue weighted by molar-refractivity contribution is 6.32. The van der Waals surface area contributed by atoms with Crippen LogP contribution in [0.1, 0.15) is 24.0 Å². The summed E-state index contributed by atoms with van der Waals surface area (Å²) in [6.07, 6.45) is 1.08. The van der Waals surface area contributed by atoms with E-state index >= 15 is 0 Å². The van der Waals surface area contributed by atoms with Gasteiger partial charge in [0.15, 0.2) is 0 Å².